The summed E-state index contributed by atoms with van der Waals surface area (Å²) >= 11 is 1.36. The predicted octanol–water partition coefficient (Wildman–Crippen LogP) is 4.38. The highest BCUT2D eigenvalue weighted by atomic mass is 32.1. The SMILES string of the molecule is CC[C@@H](C(=O)N1CC2OCC21)N(C(=O)C1CCC(C)CC1)c1cc(C(C)(C)C)sc1C(=O)OC. The third kappa shape index (κ3) is 4.51. The third-order valence-electron chi connectivity index (χ3n) is 7.64. The van der Waals surface area contributed by atoms with Gasteiger partial charge in [-0.1, -0.05) is 34.6 Å². The van der Waals surface area contributed by atoms with Crippen LogP contribution in [0.2, 0.25) is 0 Å². The van der Waals surface area contributed by atoms with Crippen LogP contribution in [0.25, 0.3) is 0 Å². The lowest BCUT2D eigenvalue weighted by Gasteiger charge is -2.55. The molecule has 2 unspecified atom stereocenters. The first kappa shape index (κ1) is 25.2. The van der Waals surface area contributed by atoms with Crippen LogP contribution in [-0.2, 0) is 24.5 Å². The number of hydrogen-bond donors (Lipinski definition) is 0. The monoisotopic (exact) mass is 490 g/mol. The van der Waals surface area contributed by atoms with Gasteiger partial charge in [0.2, 0.25) is 11.8 Å². The van der Waals surface area contributed by atoms with Crippen LogP contribution in [0.4, 0.5) is 5.69 Å². The number of amides is 2. The van der Waals surface area contributed by atoms with Crippen LogP contribution in [0.3, 0.4) is 0 Å². The normalized spacial score (nSPS) is 27.2. The summed E-state index contributed by atoms with van der Waals surface area (Å²) in [5.41, 5.74) is 0.313. The first-order chi connectivity index (χ1) is 16.1. The molecule has 1 aliphatic carbocycles. The minimum atomic E-state index is -0.653. The van der Waals surface area contributed by atoms with E-state index in [-0.39, 0.29) is 35.3 Å². The molecule has 7 nitrogen and oxygen atoms in total. The van der Waals surface area contributed by atoms with Gasteiger partial charge in [-0.3, -0.25) is 14.5 Å². The van der Waals surface area contributed by atoms with E-state index in [2.05, 4.69) is 27.7 Å². The maximum atomic E-state index is 14.1. The molecule has 1 aromatic rings. The molecule has 0 N–H and O–H groups in total. The molecule has 2 amide bonds. The largest absolute Gasteiger partial charge is 0.465 e. The van der Waals surface area contributed by atoms with E-state index in [0.29, 0.717) is 36.1 Å². The molecular weight excluding hydrogens is 452 g/mol. The van der Waals surface area contributed by atoms with Crippen molar-refractivity contribution in [2.45, 2.75) is 90.3 Å². The van der Waals surface area contributed by atoms with Gasteiger partial charge in [0.25, 0.3) is 0 Å². The van der Waals surface area contributed by atoms with Crippen LogP contribution in [0, 0.1) is 11.8 Å². The van der Waals surface area contributed by atoms with Crippen molar-refractivity contribution < 1.29 is 23.9 Å². The Morgan fingerprint density at radius 3 is 2.38 bits per heavy atom. The number of esters is 1. The van der Waals surface area contributed by atoms with E-state index in [1.54, 1.807) is 4.90 Å². The van der Waals surface area contributed by atoms with Crippen molar-refractivity contribution in [2.24, 2.45) is 11.8 Å². The highest BCUT2D eigenvalue weighted by Crippen LogP contribution is 2.41. The van der Waals surface area contributed by atoms with E-state index in [1.807, 2.05) is 17.9 Å². The Labute approximate surface area is 206 Å². The van der Waals surface area contributed by atoms with Crippen molar-refractivity contribution in [3.8, 4) is 0 Å². The third-order valence-corrected chi connectivity index (χ3v) is 9.17. The van der Waals surface area contributed by atoms with Crippen molar-refractivity contribution in [1.29, 1.82) is 0 Å². The van der Waals surface area contributed by atoms with Gasteiger partial charge < -0.3 is 14.4 Å². The van der Waals surface area contributed by atoms with Gasteiger partial charge in [-0.2, -0.15) is 0 Å². The molecule has 0 spiro atoms. The predicted molar refractivity (Wildman–Crippen MR) is 132 cm³/mol. The van der Waals surface area contributed by atoms with Crippen LogP contribution in [0.15, 0.2) is 6.07 Å². The van der Waals surface area contributed by atoms with Crippen molar-refractivity contribution in [2.75, 3.05) is 25.2 Å². The number of rotatable bonds is 6. The van der Waals surface area contributed by atoms with Crippen LogP contribution >= 0.6 is 11.3 Å². The molecular formula is C26H38N2O5S. The summed E-state index contributed by atoms with van der Waals surface area (Å²) in [5, 5.41) is 0. The van der Waals surface area contributed by atoms with E-state index >= 15 is 0 Å². The summed E-state index contributed by atoms with van der Waals surface area (Å²) in [4.78, 5) is 45.6. The van der Waals surface area contributed by atoms with E-state index < -0.39 is 12.0 Å². The molecule has 0 bridgehead atoms. The second-order valence-corrected chi connectivity index (χ2v) is 12.1. The number of thiophene rings is 1. The van der Waals surface area contributed by atoms with Crippen LogP contribution in [-0.4, -0.2) is 61.1 Å². The molecule has 1 saturated carbocycles. The number of likely N-dealkylation sites (tertiary alicyclic amines) is 1. The fraction of sp³-hybridized carbons (Fsp3) is 0.731. The van der Waals surface area contributed by atoms with Crippen LogP contribution < -0.4 is 4.90 Å². The Morgan fingerprint density at radius 1 is 1.24 bits per heavy atom. The summed E-state index contributed by atoms with van der Waals surface area (Å²) in [7, 11) is 1.36. The minimum Gasteiger partial charge on any atom is -0.465 e. The maximum Gasteiger partial charge on any atom is 0.350 e. The molecule has 3 heterocycles. The lowest BCUT2D eigenvalue weighted by molar-refractivity contribution is -0.216. The second kappa shape index (κ2) is 9.61. The Kier molecular flexibility index (Phi) is 7.11. The topological polar surface area (TPSA) is 76.2 Å². The molecule has 3 fully saturated rings. The lowest BCUT2D eigenvalue weighted by atomic mass is 9.82. The molecule has 8 heteroatoms. The van der Waals surface area contributed by atoms with Gasteiger partial charge in [0, 0.05) is 17.3 Å². The number of hydrogen-bond acceptors (Lipinski definition) is 6. The van der Waals surface area contributed by atoms with Gasteiger partial charge >= 0.3 is 5.97 Å². The van der Waals surface area contributed by atoms with Gasteiger partial charge in [-0.15, -0.1) is 11.3 Å². The van der Waals surface area contributed by atoms with E-state index in [4.69, 9.17) is 9.47 Å². The van der Waals surface area contributed by atoms with Gasteiger partial charge in [-0.05, 0) is 49.5 Å². The van der Waals surface area contributed by atoms with Gasteiger partial charge in [-0.25, -0.2) is 4.79 Å². The Balaban J connectivity index is 1.75. The number of methoxy groups -OCH3 is 1. The lowest BCUT2D eigenvalue weighted by Crippen LogP contribution is -2.74. The molecule has 1 aromatic heterocycles. The summed E-state index contributed by atoms with van der Waals surface area (Å²) in [5.74, 6) is -0.0969. The van der Waals surface area contributed by atoms with Crippen LogP contribution in [0.1, 0.15) is 81.3 Å². The highest BCUT2D eigenvalue weighted by molar-refractivity contribution is 7.14. The zero-order valence-electron chi connectivity index (χ0n) is 21.3. The summed E-state index contributed by atoms with van der Waals surface area (Å²) in [6.45, 7) is 11.5. The molecule has 188 valence electrons. The number of carbonyl (C=O) groups is 3. The maximum absolute atomic E-state index is 14.1. The Hall–Kier alpha value is -1.93. The van der Waals surface area contributed by atoms with Crippen LogP contribution in [0.5, 0.6) is 0 Å². The first-order valence-electron chi connectivity index (χ1n) is 12.5. The zero-order chi connectivity index (χ0) is 24.8. The molecule has 0 radical (unpaired) electrons. The number of anilines is 1. The minimum absolute atomic E-state index is 0.0440. The Morgan fingerprint density at radius 2 is 1.91 bits per heavy atom. The van der Waals surface area contributed by atoms with E-state index in [0.717, 1.165) is 30.6 Å². The van der Waals surface area contributed by atoms with Gasteiger partial charge in [0.05, 0.1) is 31.5 Å². The number of ether oxygens (including phenoxy) is 2. The highest BCUT2D eigenvalue weighted by Gasteiger charge is 2.52. The standard InChI is InChI=1S/C26H38N2O5S/c1-7-17(24(30)27-13-20-19(27)14-33-20)28(23(29)16-10-8-15(2)9-11-16)18-12-21(26(3,4)5)34-22(18)25(31)32-6/h12,15-17,19-20H,7-11,13-14H2,1-6H3/t15?,16?,17-,19?,20?/m0/s1. The molecule has 34 heavy (non-hydrogen) atoms. The quantitative estimate of drug-likeness (QED) is 0.553. The Bertz CT molecular complexity index is 943. The smallest absolute Gasteiger partial charge is 0.350 e. The molecule has 0 aromatic carbocycles. The van der Waals surface area contributed by atoms with Gasteiger partial charge in [0.15, 0.2) is 0 Å². The van der Waals surface area contributed by atoms with Crippen molar-refractivity contribution in [3.63, 3.8) is 0 Å². The number of morpholine rings is 1. The number of nitrogens with zero attached hydrogens (tertiary/aromatic N) is 2. The average Bonchev–Trinajstić information content (AvgIpc) is 3.23. The number of fused-ring (bicyclic) bond motifs is 1. The summed E-state index contributed by atoms with van der Waals surface area (Å²) in [6, 6.07) is 1.39. The number of carbonyl (C=O) groups excluding carboxylic acids is 3. The second-order valence-electron chi connectivity index (χ2n) is 11.1. The molecule has 3 aliphatic rings. The molecule has 4 rings (SSSR count). The van der Waals surface area contributed by atoms with Gasteiger partial charge in [0.1, 0.15) is 10.9 Å². The van der Waals surface area contributed by atoms with Crippen molar-refractivity contribution >= 4 is 34.8 Å². The van der Waals surface area contributed by atoms with Crippen molar-refractivity contribution in [1.82, 2.24) is 4.90 Å². The zero-order valence-corrected chi connectivity index (χ0v) is 22.1. The molecule has 2 aliphatic heterocycles. The van der Waals surface area contributed by atoms with E-state index in [1.165, 1.54) is 18.4 Å². The fourth-order valence-electron chi connectivity index (χ4n) is 5.20. The average molecular weight is 491 g/mol. The van der Waals surface area contributed by atoms with E-state index in [9.17, 15) is 14.4 Å². The molecule has 3 atom stereocenters. The summed E-state index contributed by atoms with van der Waals surface area (Å²) in [6.07, 6.45) is 4.24. The fourth-order valence-corrected chi connectivity index (χ4v) is 6.33. The first-order valence-corrected chi connectivity index (χ1v) is 13.4. The summed E-state index contributed by atoms with van der Waals surface area (Å²) < 4.78 is 10.6. The molecule has 2 saturated heterocycles. The van der Waals surface area contributed by atoms with Crippen molar-refractivity contribution in [3.05, 3.63) is 15.8 Å².